The summed E-state index contributed by atoms with van der Waals surface area (Å²) in [7, 11) is 0. The van der Waals surface area contributed by atoms with Crippen LogP contribution in [0.15, 0.2) is 0 Å². The molecule has 0 aromatic carbocycles. The molecule has 6 nitrogen and oxygen atoms in total. The number of rotatable bonds is 3. The summed E-state index contributed by atoms with van der Waals surface area (Å²) in [5.41, 5.74) is 4.57. The van der Waals surface area contributed by atoms with Crippen molar-refractivity contribution in [2.75, 3.05) is 13.2 Å². The average Bonchev–Trinajstić information content (AvgIpc) is 2.50. The van der Waals surface area contributed by atoms with Gasteiger partial charge in [0.25, 0.3) is 0 Å². The Kier molecular flexibility index (Phi) is 3.31. The fourth-order valence-corrected chi connectivity index (χ4v) is 1.29. The van der Waals surface area contributed by atoms with Crippen molar-refractivity contribution in [3.63, 3.8) is 0 Å². The quantitative estimate of drug-likeness (QED) is 0.558. The van der Waals surface area contributed by atoms with Crippen LogP contribution in [0.5, 0.6) is 0 Å². The summed E-state index contributed by atoms with van der Waals surface area (Å²) in [6.45, 7) is 3.48. The van der Waals surface area contributed by atoms with Gasteiger partial charge in [-0.1, -0.05) is 0 Å². The lowest BCUT2D eigenvalue weighted by Crippen LogP contribution is -2.54. The van der Waals surface area contributed by atoms with Gasteiger partial charge in [-0.15, -0.1) is 0 Å². The summed E-state index contributed by atoms with van der Waals surface area (Å²) < 4.78 is 5.01. The highest BCUT2D eigenvalue weighted by molar-refractivity contribution is 5.86. The Balaban J connectivity index is 2.58. The molecule has 1 aliphatic heterocycles. The number of carbonyl (C=O) groups excluding carboxylic acids is 1. The third-order valence-corrected chi connectivity index (χ3v) is 2.30. The summed E-state index contributed by atoms with van der Waals surface area (Å²) in [5, 5.41) is 11.4. The molecule has 1 fully saturated rings. The number of aliphatic carboxylic acids is 1. The van der Waals surface area contributed by atoms with Gasteiger partial charge in [0.05, 0.1) is 24.8 Å². The number of nitrogens with two attached hydrogens (primary N) is 1. The molecule has 1 rings (SSSR count). The van der Waals surface area contributed by atoms with E-state index in [1.54, 1.807) is 13.8 Å². The van der Waals surface area contributed by atoms with Crippen LogP contribution in [0.3, 0.4) is 0 Å². The van der Waals surface area contributed by atoms with Crippen molar-refractivity contribution in [2.24, 2.45) is 11.7 Å². The van der Waals surface area contributed by atoms with Gasteiger partial charge in [0, 0.05) is 0 Å². The van der Waals surface area contributed by atoms with Crippen molar-refractivity contribution in [1.29, 1.82) is 0 Å². The molecule has 1 amide bonds. The van der Waals surface area contributed by atoms with Gasteiger partial charge in [-0.05, 0) is 13.8 Å². The van der Waals surface area contributed by atoms with Gasteiger partial charge in [-0.25, -0.2) is 0 Å². The molecule has 0 spiro atoms. The molecular formula is C9H16N2O4. The largest absolute Gasteiger partial charge is 0.481 e. The van der Waals surface area contributed by atoms with Gasteiger partial charge in [0.2, 0.25) is 5.91 Å². The summed E-state index contributed by atoms with van der Waals surface area (Å²) in [4.78, 5) is 22.3. The maximum atomic E-state index is 11.5. The van der Waals surface area contributed by atoms with E-state index in [9.17, 15) is 9.59 Å². The van der Waals surface area contributed by atoms with Gasteiger partial charge in [0.15, 0.2) is 0 Å². The predicted molar refractivity (Wildman–Crippen MR) is 52.1 cm³/mol. The lowest BCUT2D eigenvalue weighted by Gasteiger charge is -2.22. The van der Waals surface area contributed by atoms with E-state index in [1.807, 2.05) is 0 Å². The molecule has 86 valence electrons. The minimum atomic E-state index is -1.01. The lowest BCUT2D eigenvalue weighted by atomic mass is 10.0. The van der Waals surface area contributed by atoms with Crippen molar-refractivity contribution in [3.8, 4) is 0 Å². The molecule has 0 radical (unpaired) electrons. The van der Waals surface area contributed by atoms with E-state index in [4.69, 9.17) is 15.6 Å². The molecule has 2 atom stereocenters. The van der Waals surface area contributed by atoms with E-state index >= 15 is 0 Å². The van der Waals surface area contributed by atoms with E-state index in [1.165, 1.54) is 0 Å². The van der Waals surface area contributed by atoms with Crippen LogP contribution < -0.4 is 11.1 Å². The van der Waals surface area contributed by atoms with Crippen LogP contribution in [0.4, 0.5) is 0 Å². The van der Waals surface area contributed by atoms with Crippen LogP contribution >= 0.6 is 0 Å². The first-order chi connectivity index (χ1) is 6.82. The Labute approximate surface area is 87.8 Å². The molecule has 0 aromatic heterocycles. The van der Waals surface area contributed by atoms with Gasteiger partial charge < -0.3 is 20.9 Å². The summed E-state index contributed by atoms with van der Waals surface area (Å²) in [5.74, 6) is -2.02. The Bertz CT molecular complexity index is 272. The second-order valence-electron chi connectivity index (χ2n) is 4.28. The number of hydrogen-bond donors (Lipinski definition) is 3. The Morgan fingerprint density at radius 1 is 1.47 bits per heavy atom. The fraction of sp³-hybridized carbons (Fsp3) is 0.778. The highest BCUT2D eigenvalue weighted by Crippen LogP contribution is 2.14. The van der Waals surface area contributed by atoms with Crippen LogP contribution in [-0.4, -0.2) is 41.8 Å². The molecule has 2 unspecified atom stereocenters. The third-order valence-electron chi connectivity index (χ3n) is 2.30. The highest BCUT2D eigenvalue weighted by Gasteiger charge is 2.36. The van der Waals surface area contributed by atoms with E-state index < -0.39 is 23.5 Å². The third kappa shape index (κ3) is 2.90. The zero-order valence-corrected chi connectivity index (χ0v) is 8.82. The predicted octanol–water partition coefficient (Wildman–Crippen LogP) is -1.06. The summed E-state index contributed by atoms with van der Waals surface area (Å²) >= 11 is 0. The Morgan fingerprint density at radius 3 is 2.53 bits per heavy atom. The first-order valence-electron chi connectivity index (χ1n) is 4.73. The molecule has 1 aliphatic rings. The van der Waals surface area contributed by atoms with Gasteiger partial charge >= 0.3 is 5.97 Å². The molecule has 0 aliphatic carbocycles. The van der Waals surface area contributed by atoms with E-state index in [0.29, 0.717) is 0 Å². The van der Waals surface area contributed by atoms with Crippen LogP contribution in [0.2, 0.25) is 0 Å². The first-order valence-corrected chi connectivity index (χ1v) is 4.73. The Hall–Kier alpha value is -1.14. The number of amides is 1. The zero-order valence-electron chi connectivity index (χ0n) is 8.82. The summed E-state index contributed by atoms with van der Waals surface area (Å²) in [6, 6.07) is -0.488. The standard InChI is InChI=1S/C9H16N2O4/c1-9(2,10)8(14)11-6-4-15-3-5(6)7(12)13/h5-6H,3-4,10H2,1-2H3,(H,11,14)(H,12,13). The molecule has 0 aromatic rings. The van der Waals surface area contributed by atoms with Crippen LogP contribution in [0.1, 0.15) is 13.8 Å². The normalized spacial score (nSPS) is 26.3. The maximum Gasteiger partial charge on any atom is 0.311 e. The number of ether oxygens (including phenoxy) is 1. The van der Waals surface area contributed by atoms with E-state index in [2.05, 4.69) is 5.32 Å². The second kappa shape index (κ2) is 4.16. The molecular weight excluding hydrogens is 200 g/mol. The maximum absolute atomic E-state index is 11.5. The number of carbonyl (C=O) groups is 2. The molecule has 15 heavy (non-hydrogen) atoms. The smallest absolute Gasteiger partial charge is 0.311 e. The minimum Gasteiger partial charge on any atom is -0.481 e. The summed E-state index contributed by atoms with van der Waals surface area (Å²) in [6.07, 6.45) is 0. The number of carboxylic acids is 1. The van der Waals surface area contributed by atoms with Crippen molar-refractivity contribution < 1.29 is 19.4 Å². The molecule has 6 heteroatoms. The molecule has 1 heterocycles. The topological polar surface area (TPSA) is 102 Å². The van der Waals surface area contributed by atoms with Crippen molar-refractivity contribution >= 4 is 11.9 Å². The number of hydrogen-bond acceptors (Lipinski definition) is 4. The van der Waals surface area contributed by atoms with E-state index in [-0.39, 0.29) is 19.1 Å². The lowest BCUT2D eigenvalue weighted by molar-refractivity contribution is -0.142. The molecule has 4 N–H and O–H groups in total. The fourth-order valence-electron chi connectivity index (χ4n) is 1.29. The SMILES string of the molecule is CC(C)(N)C(=O)NC1COCC1C(=O)O. The van der Waals surface area contributed by atoms with Crippen molar-refractivity contribution in [3.05, 3.63) is 0 Å². The molecule has 0 bridgehead atoms. The first kappa shape index (κ1) is 11.9. The average molecular weight is 216 g/mol. The number of nitrogens with one attached hydrogen (secondary N) is 1. The van der Waals surface area contributed by atoms with Crippen molar-refractivity contribution in [1.82, 2.24) is 5.32 Å². The Morgan fingerprint density at radius 2 is 2.07 bits per heavy atom. The second-order valence-corrected chi connectivity index (χ2v) is 4.28. The monoisotopic (exact) mass is 216 g/mol. The number of carboxylic acid groups (broad SMARTS) is 1. The van der Waals surface area contributed by atoms with Gasteiger partial charge in [-0.2, -0.15) is 0 Å². The van der Waals surface area contributed by atoms with Crippen LogP contribution in [-0.2, 0) is 14.3 Å². The van der Waals surface area contributed by atoms with Crippen LogP contribution in [0.25, 0.3) is 0 Å². The molecule has 0 saturated carbocycles. The zero-order chi connectivity index (χ0) is 11.6. The van der Waals surface area contributed by atoms with Gasteiger partial charge in [0.1, 0.15) is 5.92 Å². The van der Waals surface area contributed by atoms with Crippen molar-refractivity contribution in [2.45, 2.75) is 25.4 Å². The van der Waals surface area contributed by atoms with E-state index in [0.717, 1.165) is 0 Å². The van der Waals surface area contributed by atoms with Gasteiger partial charge in [-0.3, -0.25) is 9.59 Å². The molecule has 1 saturated heterocycles. The highest BCUT2D eigenvalue weighted by atomic mass is 16.5. The minimum absolute atomic E-state index is 0.130. The van der Waals surface area contributed by atoms with Crippen LogP contribution in [0, 0.1) is 5.92 Å².